The van der Waals surface area contributed by atoms with Gasteiger partial charge in [0.2, 0.25) is 16.9 Å². The van der Waals surface area contributed by atoms with E-state index in [1.54, 1.807) is 18.4 Å². The topological polar surface area (TPSA) is 99.0 Å². The second kappa shape index (κ2) is 8.24. The maximum absolute atomic E-state index is 13.1. The molecule has 2 heterocycles. The van der Waals surface area contributed by atoms with Crippen molar-refractivity contribution in [1.29, 1.82) is 0 Å². The Bertz CT molecular complexity index is 1090. The second-order valence-corrected chi connectivity index (χ2v) is 7.49. The van der Waals surface area contributed by atoms with Crippen LogP contribution in [0, 0.1) is 6.92 Å². The molecule has 1 amide bonds. The molecule has 0 aliphatic rings. The Labute approximate surface area is 171 Å². The SMILES string of the molecule is Cc1ccc(NC(=O)C(Sc2nnc(-c3ccco3)n2N)c2ccccc2)cc1. The van der Waals surface area contributed by atoms with E-state index in [2.05, 4.69) is 15.5 Å². The average molecular weight is 405 g/mol. The first-order chi connectivity index (χ1) is 14.1. The first-order valence-electron chi connectivity index (χ1n) is 8.95. The van der Waals surface area contributed by atoms with Gasteiger partial charge in [0.1, 0.15) is 5.25 Å². The van der Waals surface area contributed by atoms with Crippen LogP contribution in [-0.4, -0.2) is 20.8 Å². The molecule has 1 unspecified atom stereocenters. The Morgan fingerprint density at radius 1 is 1.07 bits per heavy atom. The fourth-order valence-electron chi connectivity index (χ4n) is 2.78. The third-order valence-corrected chi connectivity index (χ3v) is 5.50. The molecule has 4 aromatic rings. The van der Waals surface area contributed by atoms with Crippen LogP contribution in [-0.2, 0) is 4.79 Å². The Morgan fingerprint density at radius 2 is 1.83 bits per heavy atom. The lowest BCUT2D eigenvalue weighted by atomic mass is 10.1. The Morgan fingerprint density at radius 3 is 2.52 bits per heavy atom. The molecule has 0 fully saturated rings. The molecule has 2 aromatic carbocycles. The van der Waals surface area contributed by atoms with E-state index >= 15 is 0 Å². The van der Waals surface area contributed by atoms with Gasteiger partial charge >= 0.3 is 0 Å². The highest BCUT2D eigenvalue weighted by molar-refractivity contribution is 8.00. The maximum Gasteiger partial charge on any atom is 0.242 e. The summed E-state index contributed by atoms with van der Waals surface area (Å²) >= 11 is 1.23. The molecule has 7 nitrogen and oxygen atoms in total. The number of thioether (sulfide) groups is 1. The van der Waals surface area contributed by atoms with Crippen molar-refractivity contribution in [1.82, 2.24) is 14.9 Å². The number of nitrogens with one attached hydrogen (secondary N) is 1. The number of carbonyl (C=O) groups excluding carboxylic acids is 1. The molecule has 0 aliphatic carbocycles. The summed E-state index contributed by atoms with van der Waals surface area (Å²) in [5, 5.41) is 11.1. The van der Waals surface area contributed by atoms with Crippen LogP contribution < -0.4 is 11.2 Å². The van der Waals surface area contributed by atoms with Gasteiger partial charge in [-0.3, -0.25) is 4.79 Å². The van der Waals surface area contributed by atoms with E-state index in [0.29, 0.717) is 16.7 Å². The minimum absolute atomic E-state index is 0.174. The number of hydrogen-bond acceptors (Lipinski definition) is 6. The van der Waals surface area contributed by atoms with E-state index in [4.69, 9.17) is 10.3 Å². The summed E-state index contributed by atoms with van der Waals surface area (Å²) in [6, 6.07) is 20.6. The molecular formula is C21H19N5O2S. The lowest BCUT2D eigenvalue weighted by Gasteiger charge is -2.16. The third-order valence-electron chi connectivity index (χ3n) is 4.29. The maximum atomic E-state index is 13.1. The van der Waals surface area contributed by atoms with Crippen LogP contribution >= 0.6 is 11.8 Å². The molecule has 0 saturated heterocycles. The summed E-state index contributed by atoms with van der Waals surface area (Å²) in [5.41, 5.74) is 2.69. The second-order valence-electron chi connectivity index (χ2n) is 6.42. The molecule has 2 aromatic heterocycles. The molecule has 8 heteroatoms. The molecule has 0 radical (unpaired) electrons. The molecule has 0 spiro atoms. The summed E-state index contributed by atoms with van der Waals surface area (Å²) in [6.07, 6.45) is 1.54. The van der Waals surface area contributed by atoms with Crippen LogP contribution in [0.5, 0.6) is 0 Å². The standard InChI is InChI=1S/C21H19N5O2S/c1-14-9-11-16(12-10-14)23-20(27)18(15-6-3-2-4-7-15)29-21-25-24-19(26(21)22)17-8-5-13-28-17/h2-13,18H,22H2,1H3,(H,23,27). The van der Waals surface area contributed by atoms with Gasteiger partial charge in [-0.25, -0.2) is 4.68 Å². The van der Waals surface area contributed by atoms with Gasteiger partial charge < -0.3 is 15.6 Å². The molecule has 0 bridgehead atoms. The number of carbonyl (C=O) groups is 1. The molecule has 0 aliphatic heterocycles. The number of amides is 1. The zero-order valence-corrected chi connectivity index (χ0v) is 16.5. The summed E-state index contributed by atoms with van der Waals surface area (Å²) in [4.78, 5) is 13.1. The number of anilines is 1. The van der Waals surface area contributed by atoms with Gasteiger partial charge in [0.15, 0.2) is 5.76 Å². The van der Waals surface area contributed by atoms with Gasteiger partial charge in [0.05, 0.1) is 6.26 Å². The van der Waals surface area contributed by atoms with E-state index in [0.717, 1.165) is 16.8 Å². The molecule has 0 saturated carbocycles. The van der Waals surface area contributed by atoms with Gasteiger partial charge in [-0.2, -0.15) is 0 Å². The molecule has 146 valence electrons. The number of hydrogen-bond donors (Lipinski definition) is 2. The zero-order chi connectivity index (χ0) is 20.2. The monoisotopic (exact) mass is 405 g/mol. The van der Waals surface area contributed by atoms with Crippen molar-refractivity contribution in [3.63, 3.8) is 0 Å². The number of nitrogen functional groups attached to an aromatic ring is 1. The Hall–Kier alpha value is -3.52. The van der Waals surface area contributed by atoms with Crippen molar-refractivity contribution in [2.24, 2.45) is 0 Å². The van der Waals surface area contributed by atoms with Gasteiger partial charge in [0, 0.05) is 5.69 Å². The van der Waals surface area contributed by atoms with Gasteiger partial charge in [-0.15, -0.1) is 10.2 Å². The van der Waals surface area contributed by atoms with Crippen LogP contribution in [0.2, 0.25) is 0 Å². The minimum Gasteiger partial charge on any atom is -0.461 e. The van der Waals surface area contributed by atoms with E-state index in [9.17, 15) is 4.79 Å². The van der Waals surface area contributed by atoms with Crippen LogP contribution in [0.25, 0.3) is 11.6 Å². The number of nitrogens with two attached hydrogens (primary N) is 1. The highest BCUT2D eigenvalue weighted by Gasteiger charge is 2.26. The van der Waals surface area contributed by atoms with Crippen molar-refractivity contribution in [3.05, 3.63) is 84.1 Å². The highest BCUT2D eigenvalue weighted by Crippen LogP contribution is 2.36. The normalized spacial score (nSPS) is 11.9. The average Bonchev–Trinajstić information content (AvgIpc) is 3.38. The van der Waals surface area contributed by atoms with Crippen LogP contribution in [0.3, 0.4) is 0 Å². The van der Waals surface area contributed by atoms with Crippen molar-refractivity contribution in [2.75, 3.05) is 11.2 Å². The largest absolute Gasteiger partial charge is 0.461 e. The predicted octanol–water partition coefficient (Wildman–Crippen LogP) is 4.03. The van der Waals surface area contributed by atoms with E-state index in [-0.39, 0.29) is 5.91 Å². The first-order valence-corrected chi connectivity index (χ1v) is 9.83. The van der Waals surface area contributed by atoms with E-state index in [1.807, 2.05) is 61.5 Å². The van der Waals surface area contributed by atoms with Gasteiger partial charge in [-0.05, 0) is 36.8 Å². The zero-order valence-electron chi connectivity index (χ0n) is 15.6. The number of nitrogens with zero attached hydrogens (tertiary/aromatic N) is 3. The van der Waals surface area contributed by atoms with E-state index in [1.165, 1.54) is 16.4 Å². The molecule has 1 atom stereocenters. The smallest absolute Gasteiger partial charge is 0.242 e. The molecule has 29 heavy (non-hydrogen) atoms. The fraction of sp³-hybridized carbons (Fsp3) is 0.0952. The summed E-state index contributed by atoms with van der Waals surface area (Å²) < 4.78 is 6.68. The number of aryl methyl sites for hydroxylation is 1. The number of benzene rings is 2. The minimum atomic E-state index is -0.562. The quantitative estimate of drug-likeness (QED) is 0.371. The van der Waals surface area contributed by atoms with Gasteiger partial charge in [-0.1, -0.05) is 59.8 Å². The number of rotatable bonds is 6. The van der Waals surface area contributed by atoms with Crippen LogP contribution in [0.4, 0.5) is 5.69 Å². The number of furan rings is 1. The highest BCUT2D eigenvalue weighted by atomic mass is 32.2. The van der Waals surface area contributed by atoms with Crippen LogP contribution in [0.1, 0.15) is 16.4 Å². The molecule has 4 rings (SSSR count). The molecular weight excluding hydrogens is 386 g/mol. The van der Waals surface area contributed by atoms with Crippen molar-refractivity contribution < 1.29 is 9.21 Å². The summed E-state index contributed by atoms with van der Waals surface area (Å²) in [7, 11) is 0. The summed E-state index contributed by atoms with van der Waals surface area (Å²) in [5.74, 6) is 6.89. The third kappa shape index (κ3) is 4.17. The van der Waals surface area contributed by atoms with Crippen molar-refractivity contribution in [2.45, 2.75) is 17.3 Å². The first kappa shape index (κ1) is 18.8. The predicted molar refractivity (Wildman–Crippen MR) is 113 cm³/mol. The lowest BCUT2D eigenvalue weighted by molar-refractivity contribution is -0.115. The Kier molecular flexibility index (Phi) is 5.35. The summed E-state index contributed by atoms with van der Waals surface area (Å²) in [6.45, 7) is 2.00. The number of aromatic nitrogens is 3. The van der Waals surface area contributed by atoms with Gasteiger partial charge in [0.25, 0.3) is 0 Å². The van der Waals surface area contributed by atoms with Crippen LogP contribution in [0.15, 0.2) is 82.6 Å². The Balaban J connectivity index is 1.61. The lowest BCUT2D eigenvalue weighted by Crippen LogP contribution is -2.20. The van der Waals surface area contributed by atoms with Crippen molar-refractivity contribution >= 4 is 23.4 Å². The van der Waals surface area contributed by atoms with Crippen molar-refractivity contribution in [3.8, 4) is 11.6 Å². The van der Waals surface area contributed by atoms with E-state index < -0.39 is 5.25 Å². The fourth-order valence-corrected chi connectivity index (χ4v) is 3.74. The molecule has 3 N–H and O–H groups in total.